The summed E-state index contributed by atoms with van der Waals surface area (Å²) in [5, 5.41) is 7.25. The molecule has 0 atom stereocenters. The van der Waals surface area contributed by atoms with Gasteiger partial charge in [0.15, 0.2) is 0 Å². The van der Waals surface area contributed by atoms with Gasteiger partial charge in [-0.2, -0.15) is 0 Å². The molecule has 0 aliphatic rings. The molecule has 0 aliphatic carbocycles. The molecule has 0 heterocycles. The van der Waals surface area contributed by atoms with Crippen LogP contribution in [0.2, 0.25) is 0 Å². The summed E-state index contributed by atoms with van der Waals surface area (Å²) in [5.74, 6) is 3.20. The molecule has 0 bridgehead atoms. The summed E-state index contributed by atoms with van der Waals surface area (Å²) in [6.45, 7) is 4.26. The lowest BCUT2D eigenvalue weighted by Crippen LogP contribution is -2.11. The molecule has 0 radical (unpaired) electrons. The van der Waals surface area contributed by atoms with Crippen LogP contribution in [0.4, 0.5) is 34.1 Å². The Morgan fingerprint density at radius 3 is 0.966 bits per heavy atom. The van der Waals surface area contributed by atoms with Crippen LogP contribution in [0.3, 0.4) is 0 Å². The van der Waals surface area contributed by atoms with Crippen molar-refractivity contribution < 1.29 is 9.47 Å². The zero-order chi connectivity index (χ0) is 39.0. The Hall–Kier alpha value is -7.56. The second-order valence-corrected chi connectivity index (χ2v) is 14.8. The lowest BCUT2D eigenvalue weighted by Gasteiger charge is -2.29. The van der Waals surface area contributed by atoms with Gasteiger partial charge < -0.3 is 19.3 Å². The first kappa shape index (κ1) is 34.9. The molecule has 10 aromatic carbocycles. The maximum absolute atomic E-state index is 6.19. The van der Waals surface area contributed by atoms with E-state index >= 15 is 0 Å². The molecule has 10 aromatic rings. The molecule has 0 amide bonds. The maximum Gasteiger partial charge on any atom is 0.127 e. The predicted octanol–water partition coefficient (Wildman–Crippen LogP) is 15.7. The van der Waals surface area contributed by atoms with Gasteiger partial charge in [-0.05, 0) is 145 Å². The summed E-state index contributed by atoms with van der Waals surface area (Å²) < 4.78 is 12.4. The van der Waals surface area contributed by atoms with Crippen molar-refractivity contribution in [3.05, 3.63) is 217 Å². The zero-order valence-electron chi connectivity index (χ0n) is 32.3. The summed E-state index contributed by atoms with van der Waals surface area (Å²) in [5.41, 5.74) is 8.92. The van der Waals surface area contributed by atoms with Gasteiger partial charge in [-0.1, -0.05) is 108 Å². The molecule has 0 N–H and O–H groups in total. The molecule has 0 fully saturated rings. The molecule has 10 rings (SSSR count). The number of anilines is 6. The fraction of sp³-hybridized carbons (Fsp3) is 0.0370. The van der Waals surface area contributed by atoms with E-state index in [0.717, 1.165) is 57.1 Å². The first-order valence-corrected chi connectivity index (χ1v) is 19.7. The molecule has 4 nitrogen and oxygen atoms in total. The van der Waals surface area contributed by atoms with E-state index in [4.69, 9.17) is 9.47 Å². The number of aryl methyl sites for hydroxylation is 2. The number of nitrogens with zero attached hydrogens (tertiary/aromatic N) is 2. The Labute approximate surface area is 338 Å². The van der Waals surface area contributed by atoms with Crippen molar-refractivity contribution in [1.82, 2.24) is 0 Å². The molecule has 0 aromatic heterocycles. The highest BCUT2D eigenvalue weighted by atomic mass is 16.5. The molecule has 58 heavy (non-hydrogen) atoms. The molecule has 0 aliphatic heterocycles. The van der Waals surface area contributed by atoms with E-state index < -0.39 is 0 Å². The van der Waals surface area contributed by atoms with Crippen molar-refractivity contribution in [2.24, 2.45) is 0 Å². The van der Waals surface area contributed by atoms with E-state index in [-0.39, 0.29) is 0 Å². The van der Waals surface area contributed by atoms with Crippen LogP contribution >= 0.6 is 0 Å². The van der Waals surface area contributed by atoms with E-state index in [9.17, 15) is 0 Å². The van der Waals surface area contributed by atoms with Gasteiger partial charge in [0.05, 0.1) is 11.4 Å². The molecule has 0 saturated heterocycles. The standard InChI is InChI=1S/C54H40N2O2/c1-37-13-21-41(22-14-37)55(43-25-29-47(30-26-43)57-45-9-5-3-6-10-45)51-35-19-39-18-34-50-52(36-20-40-17-33-49(51)53(39)54(40)50)56(42-23-15-38(2)16-24-42)44-27-31-48(32-28-44)58-46-11-7-4-8-12-46/h3-36H,1-2H3. The van der Waals surface area contributed by atoms with E-state index in [1.165, 1.54) is 43.4 Å². The van der Waals surface area contributed by atoms with Crippen LogP contribution in [-0.4, -0.2) is 0 Å². The number of hydrogen-bond acceptors (Lipinski definition) is 4. The van der Waals surface area contributed by atoms with Crippen molar-refractivity contribution >= 4 is 66.4 Å². The average molecular weight is 749 g/mol. The van der Waals surface area contributed by atoms with Gasteiger partial charge in [-0.3, -0.25) is 0 Å². The minimum absolute atomic E-state index is 0.790. The van der Waals surface area contributed by atoms with Crippen LogP contribution in [0.1, 0.15) is 11.1 Å². The van der Waals surface area contributed by atoms with Gasteiger partial charge in [0.1, 0.15) is 23.0 Å². The summed E-state index contributed by atoms with van der Waals surface area (Å²) in [6.07, 6.45) is 0. The van der Waals surface area contributed by atoms with E-state index in [0.29, 0.717) is 0 Å². The van der Waals surface area contributed by atoms with E-state index in [2.05, 4.69) is 145 Å². The number of benzene rings is 10. The monoisotopic (exact) mass is 748 g/mol. The molecule has 0 saturated carbocycles. The minimum Gasteiger partial charge on any atom is -0.457 e. The van der Waals surface area contributed by atoms with Gasteiger partial charge in [-0.15, -0.1) is 0 Å². The molecular formula is C54H40N2O2. The number of ether oxygens (including phenoxy) is 2. The van der Waals surface area contributed by atoms with Crippen LogP contribution in [0, 0.1) is 13.8 Å². The lowest BCUT2D eigenvalue weighted by atomic mass is 9.91. The van der Waals surface area contributed by atoms with Crippen LogP contribution in [0.5, 0.6) is 23.0 Å². The quantitative estimate of drug-likeness (QED) is 0.130. The van der Waals surface area contributed by atoms with Crippen molar-refractivity contribution in [2.45, 2.75) is 13.8 Å². The maximum atomic E-state index is 6.19. The highest BCUT2D eigenvalue weighted by Crippen LogP contribution is 2.48. The Bertz CT molecular complexity index is 2770. The predicted molar refractivity (Wildman–Crippen MR) is 242 cm³/mol. The first-order chi connectivity index (χ1) is 28.6. The fourth-order valence-electron chi connectivity index (χ4n) is 7.98. The van der Waals surface area contributed by atoms with Crippen molar-refractivity contribution in [1.29, 1.82) is 0 Å². The molecule has 4 heteroatoms. The SMILES string of the molecule is Cc1ccc(N(c2ccc(Oc3ccccc3)cc2)c2ccc3ccc4c(N(c5ccc(C)cc5)c5ccc(Oc6ccccc6)cc5)ccc5ccc2c3c54)cc1. The number of rotatable bonds is 10. The van der Waals surface area contributed by atoms with Crippen LogP contribution in [-0.2, 0) is 0 Å². The topological polar surface area (TPSA) is 24.9 Å². The van der Waals surface area contributed by atoms with Crippen LogP contribution < -0.4 is 19.3 Å². The van der Waals surface area contributed by atoms with Gasteiger partial charge in [-0.25, -0.2) is 0 Å². The van der Waals surface area contributed by atoms with E-state index in [1.807, 2.05) is 84.9 Å². The van der Waals surface area contributed by atoms with Crippen molar-refractivity contribution in [3.63, 3.8) is 0 Å². The molecular weight excluding hydrogens is 709 g/mol. The molecule has 0 unspecified atom stereocenters. The van der Waals surface area contributed by atoms with E-state index in [1.54, 1.807) is 0 Å². The molecule has 0 spiro atoms. The largest absolute Gasteiger partial charge is 0.457 e. The third-order valence-electron chi connectivity index (χ3n) is 10.8. The minimum atomic E-state index is 0.790. The van der Waals surface area contributed by atoms with Gasteiger partial charge in [0.2, 0.25) is 0 Å². The fourth-order valence-corrected chi connectivity index (χ4v) is 7.98. The Morgan fingerprint density at radius 2 is 0.603 bits per heavy atom. The summed E-state index contributed by atoms with van der Waals surface area (Å²) >= 11 is 0. The third kappa shape index (κ3) is 6.61. The first-order valence-electron chi connectivity index (χ1n) is 19.7. The highest BCUT2D eigenvalue weighted by molar-refractivity contribution is 6.28. The van der Waals surface area contributed by atoms with Crippen molar-refractivity contribution in [2.75, 3.05) is 9.80 Å². The summed E-state index contributed by atoms with van der Waals surface area (Å²) in [6, 6.07) is 72.3. The van der Waals surface area contributed by atoms with Crippen molar-refractivity contribution in [3.8, 4) is 23.0 Å². The van der Waals surface area contributed by atoms with Crippen LogP contribution in [0.15, 0.2) is 206 Å². The Kier molecular flexibility index (Phi) is 8.92. The van der Waals surface area contributed by atoms with Gasteiger partial charge in [0, 0.05) is 33.5 Å². The molecule has 278 valence electrons. The lowest BCUT2D eigenvalue weighted by molar-refractivity contribution is 0.482. The van der Waals surface area contributed by atoms with Crippen LogP contribution in [0.25, 0.3) is 32.3 Å². The zero-order valence-corrected chi connectivity index (χ0v) is 32.3. The summed E-state index contributed by atoms with van der Waals surface area (Å²) in [7, 11) is 0. The normalized spacial score (nSPS) is 11.3. The average Bonchev–Trinajstić information content (AvgIpc) is 3.27. The Balaban J connectivity index is 1.12. The summed E-state index contributed by atoms with van der Waals surface area (Å²) in [4.78, 5) is 4.71. The highest BCUT2D eigenvalue weighted by Gasteiger charge is 2.22. The second-order valence-electron chi connectivity index (χ2n) is 14.8. The Morgan fingerprint density at radius 1 is 0.293 bits per heavy atom. The van der Waals surface area contributed by atoms with Gasteiger partial charge >= 0.3 is 0 Å². The number of hydrogen-bond donors (Lipinski definition) is 0. The van der Waals surface area contributed by atoms with Gasteiger partial charge in [0.25, 0.3) is 0 Å². The second kappa shape index (κ2) is 14.8. The smallest absolute Gasteiger partial charge is 0.127 e. The number of para-hydroxylation sites is 2. The third-order valence-corrected chi connectivity index (χ3v) is 10.8.